The van der Waals surface area contributed by atoms with Crippen molar-refractivity contribution in [2.75, 3.05) is 17.7 Å². The Balaban J connectivity index is 1.73. The first-order chi connectivity index (χ1) is 11.7. The number of hydrogen-bond donors (Lipinski definition) is 1. The molecule has 1 unspecified atom stereocenters. The Morgan fingerprint density at radius 3 is 2.88 bits per heavy atom. The zero-order chi connectivity index (χ0) is 16.6. The SMILES string of the molecule is O=C1Nc2ncccc2C12CC1=C/C/C=C(/CCl)C=NC/C=C\1C2. The molecule has 5 heteroatoms. The molecule has 1 N–H and O–H groups in total. The number of pyridine rings is 1. The van der Waals surface area contributed by atoms with Gasteiger partial charge in [-0.2, -0.15) is 0 Å². The van der Waals surface area contributed by atoms with Gasteiger partial charge in [-0.05, 0) is 42.0 Å². The van der Waals surface area contributed by atoms with Crippen LogP contribution in [0.3, 0.4) is 0 Å². The molecule has 122 valence electrons. The van der Waals surface area contributed by atoms with Crippen LogP contribution < -0.4 is 5.32 Å². The van der Waals surface area contributed by atoms with E-state index < -0.39 is 5.41 Å². The average Bonchev–Trinajstić information content (AvgIpc) is 3.10. The number of aromatic nitrogens is 1. The molecule has 1 atom stereocenters. The Morgan fingerprint density at radius 2 is 2.04 bits per heavy atom. The number of allylic oxidation sites excluding steroid dienone is 5. The lowest BCUT2D eigenvalue weighted by Crippen LogP contribution is -2.31. The third-order valence-corrected chi connectivity index (χ3v) is 5.29. The Labute approximate surface area is 146 Å². The summed E-state index contributed by atoms with van der Waals surface area (Å²) in [6, 6.07) is 3.92. The molecule has 2 aliphatic heterocycles. The molecule has 3 aliphatic rings. The van der Waals surface area contributed by atoms with Gasteiger partial charge in [-0.1, -0.05) is 24.3 Å². The summed E-state index contributed by atoms with van der Waals surface area (Å²) in [6.45, 7) is 0.610. The molecular weight excluding hydrogens is 322 g/mol. The first kappa shape index (κ1) is 15.3. The van der Waals surface area contributed by atoms with Crippen LogP contribution >= 0.6 is 11.6 Å². The molecule has 1 aromatic heterocycles. The molecule has 1 aromatic rings. The number of amides is 1. The van der Waals surface area contributed by atoms with Crippen LogP contribution in [0.4, 0.5) is 5.82 Å². The van der Waals surface area contributed by atoms with Crippen molar-refractivity contribution in [3.63, 3.8) is 0 Å². The van der Waals surface area contributed by atoms with E-state index in [9.17, 15) is 4.79 Å². The van der Waals surface area contributed by atoms with E-state index in [-0.39, 0.29) is 5.91 Å². The molecular formula is C19H18ClN3O. The van der Waals surface area contributed by atoms with Crippen LogP contribution in [0.15, 0.2) is 58.3 Å². The molecule has 3 heterocycles. The minimum atomic E-state index is -0.516. The second kappa shape index (κ2) is 6.02. The highest BCUT2D eigenvalue weighted by Gasteiger charge is 2.52. The van der Waals surface area contributed by atoms with Crippen molar-refractivity contribution in [1.82, 2.24) is 4.98 Å². The molecule has 1 saturated carbocycles. The summed E-state index contributed by atoms with van der Waals surface area (Å²) >= 11 is 5.93. The molecule has 4 nitrogen and oxygen atoms in total. The van der Waals surface area contributed by atoms with Crippen LogP contribution in [0.1, 0.15) is 24.8 Å². The van der Waals surface area contributed by atoms with Gasteiger partial charge in [0.15, 0.2) is 0 Å². The van der Waals surface area contributed by atoms with E-state index in [0.717, 1.165) is 24.0 Å². The summed E-state index contributed by atoms with van der Waals surface area (Å²) in [5, 5.41) is 2.95. The number of aliphatic imine (C=N–C) groups is 1. The van der Waals surface area contributed by atoms with Crippen LogP contribution in [0.5, 0.6) is 0 Å². The maximum absolute atomic E-state index is 12.7. The molecule has 0 aromatic carbocycles. The first-order valence-corrected chi connectivity index (χ1v) is 8.66. The van der Waals surface area contributed by atoms with E-state index in [1.54, 1.807) is 6.20 Å². The van der Waals surface area contributed by atoms with Crippen molar-refractivity contribution in [2.24, 2.45) is 4.99 Å². The fraction of sp³-hybridized carbons (Fsp3) is 0.316. The second-order valence-electron chi connectivity index (χ2n) is 6.39. The predicted molar refractivity (Wildman–Crippen MR) is 96.7 cm³/mol. The minimum Gasteiger partial charge on any atom is -0.310 e. The summed E-state index contributed by atoms with van der Waals surface area (Å²) in [6.07, 6.45) is 12.2. The molecule has 0 radical (unpaired) electrons. The summed E-state index contributed by atoms with van der Waals surface area (Å²) < 4.78 is 0. The maximum atomic E-state index is 12.7. The normalized spacial score (nSPS) is 32.0. The predicted octanol–water partition coefficient (Wildman–Crippen LogP) is 3.56. The molecule has 0 bridgehead atoms. The molecule has 1 fully saturated rings. The monoisotopic (exact) mass is 339 g/mol. The van der Waals surface area contributed by atoms with E-state index in [4.69, 9.17) is 11.6 Å². The third-order valence-electron chi connectivity index (χ3n) is 4.99. The Kier molecular flexibility index (Phi) is 3.85. The van der Waals surface area contributed by atoms with Crippen molar-refractivity contribution < 1.29 is 4.79 Å². The van der Waals surface area contributed by atoms with E-state index in [0.29, 0.717) is 24.7 Å². The van der Waals surface area contributed by atoms with E-state index in [1.807, 2.05) is 18.3 Å². The van der Waals surface area contributed by atoms with Crippen molar-refractivity contribution >= 4 is 29.5 Å². The molecule has 1 amide bonds. The molecule has 0 saturated heterocycles. The largest absolute Gasteiger partial charge is 0.310 e. The van der Waals surface area contributed by atoms with Crippen molar-refractivity contribution in [1.29, 1.82) is 0 Å². The molecule has 1 spiro atoms. The fourth-order valence-corrected chi connectivity index (χ4v) is 3.94. The molecule has 1 aliphatic carbocycles. The molecule has 4 rings (SSSR count). The smallest absolute Gasteiger partial charge is 0.237 e. The Hall–Kier alpha value is -2.20. The maximum Gasteiger partial charge on any atom is 0.237 e. The number of nitrogens with one attached hydrogen (secondary N) is 1. The minimum absolute atomic E-state index is 0.0564. The number of halogens is 1. The lowest BCUT2D eigenvalue weighted by atomic mass is 9.80. The van der Waals surface area contributed by atoms with Gasteiger partial charge < -0.3 is 5.32 Å². The second-order valence-corrected chi connectivity index (χ2v) is 6.66. The van der Waals surface area contributed by atoms with Crippen LogP contribution in [-0.2, 0) is 10.2 Å². The van der Waals surface area contributed by atoms with Gasteiger partial charge in [0.05, 0.1) is 12.0 Å². The highest BCUT2D eigenvalue weighted by molar-refractivity contribution is 6.21. The standard InChI is InChI=1S/C19H18ClN3O/c20-11-13-3-1-4-14-9-19(10-15(14)6-8-21-12-13)16-5-2-7-22-17(16)23-18(19)24/h2-7,12H,1,8-11H2,(H,22,23,24)/b13-3-,14-4-,15-6-,21-12?. The third kappa shape index (κ3) is 2.42. The van der Waals surface area contributed by atoms with Gasteiger partial charge in [0.1, 0.15) is 5.82 Å². The lowest BCUT2D eigenvalue weighted by molar-refractivity contribution is -0.120. The van der Waals surface area contributed by atoms with Crippen LogP contribution in [0, 0.1) is 0 Å². The van der Waals surface area contributed by atoms with Gasteiger partial charge in [0.2, 0.25) is 5.91 Å². The molecule has 24 heavy (non-hydrogen) atoms. The van der Waals surface area contributed by atoms with Gasteiger partial charge in [-0.25, -0.2) is 4.98 Å². The topological polar surface area (TPSA) is 54.4 Å². The number of carbonyl (C=O) groups is 1. The van der Waals surface area contributed by atoms with E-state index in [1.165, 1.54) is 11.1 Å². The van der Waals surface area contributed by atoms with Crippen LogP contribution in [0.25, 0.3) is 0 Å². The zero-order valence-corrected chi connectivity index (χ0v) is 14.0. The number of carbonyl (C=O) groups excluding carboxylic acids is 1. The van der Waals surface area contributed by atoms with Crippen LogP contribution in [-0.4, -0.2) is 29.5 Å². The van der Waals surface area contributed by atoms with Crippen LogP contribution in [0.2, 0.25) is 0 Å². The quantitative estimate of drug-likeness (QED) is 0.795. The number of anilines is 1. The number of hydrogen-bond acceptors (Lipinski definition) is 3. The van der Waals surface area contributed by atoms with E-state index >= 15 is 0 Å². The highest BCUT2D eigenvalue weighted by Crippen LogP contribution is 2.52. The lowest BCUT2D eigenvalue weighted by Gasteiger charge is -2.19. The summed E-state index contributed by atoms with van der Waals surface area (Å²) in [5.74, 6) is 1.23. The number of fused-ring (bicyclic) bond motifs is 3. The van der Waals surface area contributed by atoms with Gasteiger partial charge in [0.25, 0.3) is 0 Å². The number of alkyl halides is 1. The van der Waals surface area contributed by atoms with Gasteiger partial charge >= 0.3 is 0 Å². The van der Waals surface area contributed by atoms with Gasteiger partial charge in [0, 0.05) is 23.9 Å². The fourth-order valence-electron chi connectivity index (χ4n) is 3.77. The first-order valence-electron chi connectivity index (χ1n) is 8.13. The van der Waals surface area contributed by atoms with Gasteiger partial charge in [-0.15, -0.1) is 11.6 Å². The van der Waals surface area contributed by atoms with Crippen molar-refractivity contribution in [2.45, 2.75) is 24.7 Å². The summed E-state index contributed by atoms with van der Waals surface area (Å²) in [5.41, 5.74) is 4.00. The number of nitrogens with zero attached hydrogens (tertiary/aromatic N) is 2. The summed E-state index contributed by atoms with van der Waals surface area (Å²) in [7, 11) is 0. The Bertz CT molecular complexity index is 822. The van der Waals surface area contributed by atoms with Gasteiger partial charge in [-0.3, -0.25) is 9.79 Å². The Morgan fingerprint density at radius 1 is 1.21 bits per heavy atom. The van der Waals surface area contributed by atoms with Crippen molar-refractivity contribution in [3.05, 3.63) is 58.8 Å². The zero-order valence-electron chi connectivity index (χ0n) is 13.3. The highest BCUT2D eigenvalue weighted by atomic mass is 35.5. The van der Waals surface area contributed by atoms with E-state index in [2.05, 4.69) is 33.5 Å². The average molecular weight is 340 g/mol. The number of rotatable bonds is 1. The van der Waals surface area contributed by atoms with Crippen molar-refractivity contribution in [3.8, 4) is 0 Å². The summed E-state index contributed by atoms with van der Waals surface area (Å²) in [4.78, 5) is 21.5.